The van der Waals surface area contributed by atoms with Gasteiger partial charge in [0.25, 0.3) is 0 Å². The molecule has 0 aliphatic rings. The van der Waals surface area contributed by atoms with E-state index in [1.165, 1.54) is 83.5 Å². The summed E-state index contributed by atoms with van der Waals surface area (Å²) in [5.74, 6) is 0.0718. The molecule has 0 aliphatic carbocycles. The van der Waals surface area contributed by atoms with Crippen molar-refractivity contribution < 1.29 is 0 Å². The summed E-state index contributed by atoms with van der Waals surface area (Å²) < 4.78 is 0. The minimum atomic E-state index is -0.165. The van der Waals surface area contributed by atoms with Crippen molar-refractivity contribution in [3.63, 3.8) is 0 Å². The highest BCUT2D eigenvalue weighted by Crippen LogP contribution is 2.09. The lowest BCUT2D eigenvalue weighted by Gasteiger charge is -2.02. The third-order valence-corrected chi connectivity index (χ3v) is 4.21. The van der Waals surface area contributed by atoms with Crippen molar-refractivity contribution in [2.45, 2.75) is 96.8 Å². The van der Waals surface area contributed by atoms with Crippen LogP contribution in [0.4, 0.5) is 0 Å². The number of rotatable bonds is 16. The van der Waals surface area contributed by atoms with E-state index in [-0.39, 0.29) is 11.9 Å². The van der Waals surface area contributed by atoms with Gasteiger partial charge in [0, 0.05) is 6.54 Å². The third-order valence-electron chi connectivity index (χ3n) is 4.21. The molecule has 0 aromatic heterocycles. The fourth-order valence-corrected chi connectivity index (χ4v) is 2.74. The molecule has 0 saturated carbocycles. The van der Waals surface area contributed by atoms with E-state index >= 15 is 0 Å². The summed E-state index contributed by atoms with van der Waals surface area (Å²) in [5, 5.41) is 9.51. The fourth-order valence-electron chi connectivity index (χ4n) is 2.74. The molecule has 146 valence electrons. The fraction of sp³-hybridized carbons (Fsp3) is 0.800. The lowest BCUT2D eigenvalue weighted by molar-refractivity contribution is 0.599. The molecule has 5 nitrogen and oxygen atoms in total. The van der Waals surface area contributed by atoms with Crippen molar-refractivity contribution in [3.05, 3.63) is 12.2 Å². The minimum absolute atomic E-state index is 0.165. The summed E-state index contributed by atoms with van der Waals surface area (Å²) in [7, 11) is 0. The second-order valence-corrected chi connectivity index (χ2v) is 6.74. The van der Waals surface area contributed by atoms with Crippen LogP contribution >= 0.6 is 0 Å². The first-order valence-corrected chi connectivity index (χ1v) is 10.2. The quantitative estimate of drug-likeness (QED) is 0.139. The second-order valence-electron chi connectivity index (χ2n) is 6.74. The Morgan fingerprint density at radius 3 is 1.80 bits per heavy atom. The van der Waals surface area contributed by atoms with Crippen molar-refractivity contribution in [1.29, 1.82) is 5.41 Å². The second kappa shape index (κ2) is 18.8. The molecule has 0 aliphatic heterocycles. The van der Waals surface area contributed by atoms with Gasteiger partial charge in [-0.05, 0) is 32.1 Å². The van der Waals surface area contributed by atoms with E-state index < -0.39 is 0 Å². The Kier molecular flexibility index (Phi) is 17.7. The van der Waals surface area contributed by atoms with E-state index in [4.69, 9.17) is 16.9 Å². The number of nitrogens with one attached hydrogen (secondary N) is 2. The van der Waals surface area contributed by atoms with Gasteiger partial charge >= 0.3 is 0 Å². The van der Waals surface area contributed by atoms with Crippen molar-refractivity contribution in [1.82, 2.24) is 5.32 Å². The molecule has 0 saturated heterocycles. The SMILES string of the molecule is CCCCCCCC/C=C\CCCCCCCCN=C(N)NC(=N)N. The maximum absolute atomic E-state index is 7.03. The Morgan fingerprint density at radius 1 is 0.800 bits per heavy atom. The predicted molar refractivity (Wildman–Crippen MR) is 111 cm³/mol. The van der Waals surface area contributed by atoms with E-state index in [0.29, 0.717) is 6.54 Å². The van der Waals surface area contributed by atoms with Gasteiger partial charge in [-0.25, -0.2) is 0 Å². The number of nitrogens with zero attached hydrogens (tertiary/aromatic N) is 1. The van der Waals surface area contributed by atoms with Crippen molar-refractivity contribution >= 4 is 11.9 Å². The zero-order valence-electron chi connectivity index (χ0n) is 16.4. The molecular weight excluding hydrogens is 310 g/mol. The number of nitrogens with two attached hydrogens (primary N) is 2. The number of hydrogen-bond donors (Lipinski definition) is 4. The van der Waals surface area contributed by atoms with Crippen LogP contribution in [0.1, 0.15) is 96.8 Å². The molecule has 0 unspecified atom stereocenters. The van der Waals surface area contributed by atoms with Crippen molar-refractivity contribution in [2.75, 3.05) is 6.54 Å². The van der Waals surface area contributed by atoms with Crippen LogP contribution in [-0.2, 0) is 0 Å². The summed E-state index contributed by atoms with van der Waals surface area (Å²) in [6.45, 7) is 2.97. The normalized spacial score (nSPS) is 12.0. The average Bonchev–Trinajstić information content (AvgIpc) is 2.57. The first-order chi connectivity index (χ1) is 12.2. The Morgan fingerprint density at radius 2 is 1.28 bits per heavy atom. The number of unbranched alkanes of at least 4 members (excludes halogenated alkanes) is 12. The molecular formula is C20H41N5. The molecule has 0 aromatic rings. The standard InChI is InChI=1S/C20H41N5/c1-2-3-4-5-6-7-8-9-10-11-12-13-14-15-16-17-18-24-20(23)25-19(21)22/h9-10H,2-8,11-18H2,1H3,(H6,21,22,23,24,25)/b10-9-. The lowest BCUT2D eigenvalue weighted by atomic mass is 10.1. The Labute approximate surface area is 155 Å². The highest BCUT2D eigenvalue weighted by atomic mass is 15.2. The van der Waals surface area contributed by atoms with E-state index in [9.17, 15) is 0 Å². The van der Waals surface area contributed by atoms with Gasteiger partial charge < -0.3 is 11.5 Å². The molecule has 0 aromatic carbocycles. The molecule has 5 heteroatoms. The molecule has 0 heterocycles. The molecule has 25 heavy (non-hydrogen) atoms. The Balaban J connectivity index is 3.23. The first-order valence-electron chi connectivity index (χ1n) is 10.2. The van der Waals surface area contributed by atoms with Gasteiger partial charge in [-0.1, -0.05) is 76.9 Å². The highest BCUT2D eigenvalue weighted by Gasteiger charge is 1.93. The van der Waals surface area contributed by atoms with Gasteiger partial charge in [-0.15, -0.1) is 0 Å². The van der Waals surface area contributed by atoms with Crippen LogP contribution in [0.2, 0.25) is 0 Å². The largest absolute Gasteiger partial charge is 0.370 e. The number of guanidine groups is 2. The van der Waals surface area contributed by atoms with Gasteiger partial charge in [-0.2, -0.15) is 0 Å². The summed E-state index contributed by atoms with van der Waals surface area (Å²) in [6.07, 6.45) is 22.9. The van der Waals surface area contributed by atoms with Crippen LogP contribution in [0.3, 0.4) is 0 Å². The third kappa shape index (κ3) is 20.4. The minimum Gasteiger partial charge on any atom is -0.370 e. The molecule has 0 bridgehead atoms. The van der Waals surface area contributed by atoms with Crippen LogP contribution < -0.4 is 16.8 Å². The molecule has 0 rings (SSSR count). The van der Waals surface area contributed by atoms with E-state index in [1.54, 1.807) is 0 Å². The maximum Gasteiger partial charge on any atom is 0.195 e. The van der Waals surface area contributed by atoms with E-state index in [2.05, 4.69) is 29.4 Å². The first kappa shape index (κ1) is 23.5. The van der Waals surface area contributed by atoms with Crippen LogP contribution in [0.25, 0.3) is 0 Å². The zero-order chi connectivity index (χ0) is 18.6. The smallest absolute Gasteiger partial charge is 0.195 e. The van der Waals surface area contributed by atoms with Gasteiger partial charge in [0.05, 0.1) is 0 Å². The Hall–Kier alpha value is -1.52. The van der Waals surface area contributed by atoms with Crippen LogP contribution in [0, 0.1) is 5.41 Å². The molecule has 0 fully saturated rings. The van der Waals surface area contributed by atoms with Crippen molar-refractivity contribution in [3.8, 4) is 0 Å². The summed E-state index contributed by atoms with van der Waals surface area (Å²) in [6, 6.07) is 0. The number of aliphatic imine (C=N–C) groups is 1. The number of hydrogen-bond acceptors (Lipinski definition) is 2. The summed E-state index contributed by atoms with van der Waals surface area (Å²) in [4.78, 5) is 4.12. The van der Waals surface area contributed by atoms with E-state index in [1.807, 2.05) is 0 Å². The Bertz CT molecular complexity index is 363. The van der Waals surface area contributed by atoms with Crippen LogP contribution in [0.15, 0.2) is 17.1 Å². The topological polar surface area (TPSA) is 100 Å². The lowest BCUT2D eigenvalue weighted by Crippen LogP contribution is -2.40. The maximum atomic E-state index is 7.03. The van der Waals surface area contributed by atoms with E-state index in [0.717, 1.165) is 6.42 Å². The molecule has 0 amide bonds. The summed E-state index contributed by atoms with van der Waals surface area (Å²) >= 11 is 0. The van der Waals surface area contributed by atoms with Gasteiger partial charge in [0.15, 0.2) is 11.9 Å². The predicted octanol–water partition coefficient (Wildman–Crippen LogP) is 4.82. The van der Waals surface area contributed by atoms with Gasteiger partial charge in [-0.3, -0.25) is 15.7 Å². The summed E-state index contributed by atoms with van der Waals surface area (Å²) in [5.41, 5.74) is 10.7. The van der Waals surface area contributed by atoms with Crippen LogP contribution in [0.5, 0.6) is 0 Å². The van der Waals surface area contributed by atoms with Gasteiger partial charge in [0.1, 0.15) is 0 Å². The molecule has 6 N–H and O–H groups in total. The molecule has 0 spiro atoms. The molecule has 0 radical (unpaired) electrons. The number of allylic oxidation sites excluding steroid dienone is 2. The zero-order valence-corrected chi connectivity index (χ0v) is 16.4. The highest BCUT2D eigenvalue weighted by molar-refractivity contribution is 5.95. The van der Waals surface area contributed by atoms with Gasteiger partial charge in [0.2, 0.25) is 0 Å². The average molecular weight is 352 g/mol. The van der Waals surface area contributed by atoms with Crippen molar-refractivity contribution in [2.24, 2.45) is 16.5 Å². The van der Waals surface area contributed by atoms with Crippen LogP contribution in [-0.4, -0.2) is 18.5 Å². The monoisotopic (exact) mass is 351 g/mol. The molecule has 0 atom stereocenters.